The van der Waals surface area contributed by atoms with Gasteiger partial charge in [0.25, 0.3) is 5.56 Å². The molecule has 0 amide bonds. The number of likely N-dealkylation sites (tertiary alicyclic amines) is 1. The minimum atomic E-state index is -4.15. The summed E-state index contributed by atoms with van der Waals surface area (Å²) in [5, 5.41) is 3.03. The summed E-state index contributed by atoms with van der Waals surface area (Å²) in [5.41, 5.74) is -0.229. The zero-order valence-electron chi connectivity index (χ0n) is 10.5. The van der Waals surface area contributed by atoms with E-state index in [-0.39, 0.29) is 11.5 Å². The van der Waals surface area contributed by atoms with Crippen LogP contribution in [-0.4, -0.2) is 47.2 Å². The lowest BCUT2D eigenvalue weighted by Gasteiger charge is -2.18. The molecular weight excluding hydrogens is 388 g/mol. The number of nitrogens with one attached hydrogen (secondary N) is 2. The molecule has 1 atom stereocenters. The highest BCUT2D eigenvalue weighted by atomic mass is 127. The van der Waals surface area contributed by atoms with E-state index in [2.05, 4.69) is 15.3 Å². The number of hydrogen-bond acceptors (Lipinski definition) is 4. The van der Waals surface area contributed by atoms with Gasteiger partial charge >= 0.3 is 6.18 Å². The Bertz CT molecular complexity index is 519. The van der Waals surface area contributed by atoms with Crippen LogP contribution < -0.4 is 10.9 Å². The van der Waals surface area contributed by atoms with Crippen molar-refractivity contribution in [2.24, 2.45) is 5.92 Å². The van der Waals surface area contributed by atoms with Crippen LogP contribution in [0.15, 0.2) is 11.1 Å². The first-order valence-electron chi connectivity index (χ1n) is 6.11. The molecule has 0 aliphatic carbocycles. The zero-order chi connectivity index (χ0) is 14.8. The minimum absolute atomic E-state index is 0.134. The molecule has 0 spiro atoms. The number of aromatic amines is 1. The van der Waals surface area contributed by atoms with E-state index in [1.54, 1.807) is 0 Å². The number of hydrogen-bond donors (Lipinski definition) is 2. The quantitative estimate of drug-likeness (QED) is 0.753. The lowest BCUT2D eigenvalue weighted by atomic mass is 10.1. The molecule has 9 heteroatoms. The van der Waals surface area contributed by atoms with E-state index in [0.717, 1.165) is 0 Å². The van der Waals surface area contributed by atoms with Gasteiger partial charge in [-0.2, -0.15) is 13.2 Å². The van der Waals surface area contributed by atoms with E-state index in [1.807, 2.05) is 22.6 Å². The fraction of sp³-hybridized carbons (Fsp3) is 0.636. The van der Waals surface area contributed by atoms with E-state index >= 15 is 0 Å². The third-order valence-electron chi connectivity index (χ3n) is 3.13. The molecule has 0 bridgehead atoms. The summed E-state index contributed by atoms with van der Waals surface area (Å²) in [5.74, 6) is 0.609. The van der Waals surface area contributed by atoms with Crippen LogP contribution in [0.3, 0.4) is 0 Å². The maximum Gasteiger partial charge on any atom is 0.401 e. The maximum atomic E-state index is 12.3. The maximum absolute atomic E-state index is 12.3. The van der Waals surface area contributed by atoms with Gasteiger partial charge in [-0.05, 0) is 41.5 Å². The van der Waals surface area contributed by atoms with Crippen LogP contribution in [0.1, 0.15) is 6.42 Å². The van der Waals surface area contributed by atoms with Crippen LogP contribution in [-0.2, 0) is 0 Å². The van der Waals surface area contributed by atoms with Crippen molar-refractivity contribution in [2.75, 3.05) is 31.5 Å². The lowest BCUT2D eigenvalue weighted by molar-refractivity contribution is -0.143. The number of anilines is 1. The van der Waals surface area contributed by atoms with Gasteiger partial charge in [-0.1, -0.05) is 0 Å². The highest BCUT2D eigenvalue weighted by molar-refractivity contribution is 14.1. The monoisotopic (exact) mass is 402 g/mol. The van der Waals surface area contributed by atoms with Crippen LogP contribution in [0.25, 0.3) is 0 Å². The number of nitrogens with zero attached hydrogens (tertiary/aromatic N) is 2. The fourth-order valence-electron chi connectivity index (χ4n) is 2.22. The predicted octanol–water partition coefficient (Wildman–Crippen LogP) is 1.67. The van der Waals surface area contributed by atoms with E-state index in [4.69, 9.17) is 0 Å². The van der Waals surface area contributed by atoms with Gasteiger partial charge in [-0.15, -0.1) is 0 Å². The topological polar surface area (TPSA) is 61.0 Å². The molecule has 2 heterocycles. The van der Waals surface area contributed by atoms with Gasteiger partial charge in [0.1, 0.15) is 9.39 Å². The van der Waals surface area contributed by atoms with Gasteiger partial charge in [0, 0.05) is 13.1 Å². The second kappa shape index (κ2) is 6.29. The molecule has 0 aromatic carbocycles. The summed E-state index contributed by atoms with van der Waals surface area (Å²) in [7, 11) is 0. The van der Waals surface area contributed by atoms with Crippen LogP contribution >= 0.6 is 22.6 Å². The van der Waals surface area contributed by atoms with Gasteiger partial charge in [0.05, 0.1) is 12.9 Å². The molecule has 20 heavy (non-hydrogen) atoms. The molecule has 1 unspecified atom stereocenters. The van der Waals surface area contributed by atoms with Crippen molar-refractivity contribution in [2.45, 2.75) is 12.6 Å². The standard InChI is InChI=1S/C11H14F3IN4O/c12-11(13,14)5-19-2-1-7(4-19)3-16-9-8(15)10(20)18-6-17-9/h6-7H,1-5H2,(H2,16,17,18,20). The molecule has 2 rings (SSSR count). The SMILES string of the molecule is O=c1[nH]cnc(NCC2CCN(CC(F)(F)F)C2)c1I. The number of aromatic nitrogens is 2. The second-order valence-corrected chi connectivity index (χ2v) is 5.86. The number of H-pyrrole nitrogens is 1. The molecule has 0 radical (unpaired) electrons. The van der Waals surface area contributed by atoms with Crippen molar-refractivity contribution in [1.29, 1.82) is 0 Å². The Morgan fingerprint density at radius 2 is 2.30 bits per heavy atom. The molecular formula is C11H14F3IN4O. The van der Waals surface area contributed by atoms with Gasteiger partial charge in [0.2, 0.25) is 0 Å². The Labute approximate surface area is 127 Å². The average molecular weight is 402 g/mol. The van der Waals surface area contributed by atoms with Gasteiger partial charge < -0.3 is 10.3 Å². The summed E-state index contributed by atoms with van der Waals surface area (Å²) < 4.78 is 37.3. The Morgan fingerprint density at radius 3 is 3.00 bits per heavy atom. The second-order valence-electron chi connectivity index (χ2n) is 4.78. The van der Waals surface area contributed by atoms with E-state index in [9.17, 15) is 18.0 Å². The van der Waals surface area contributed by atoms with Gasteiger partial charge in [-0.3, -0.25) is 9.69 Å². The highest BCUT2D eigenvalue weighted by Crippen LogP contribution is 2.23. The number of rotatable bonds is 4. The average Bonchev–Trinajstić information content (AvgIpc) is 2.76. The summed E-state index contributed by atoms with van der Waals surface area (Å²) in [4.78, 5) is 19.2. The number of alkyl halides is 3. The Balaban J connectivity index is 1.84. The first-order chi connectivity index (χ1) is 9.35. The van der Waals surface area contributed by atoms with Crippen LogP contribution in [0, 0.1) is 9.49 Å². The van der Waals surface area contributed by atoms with Crippen LogP contribution in [0.5, 0.6) is 0 Å². The Kier molecular flexibility index (Phi) is 4.89. The highest BCUT2D eigenvalue weighted by Gasteiger charge is 2.34. The van der Waals surface area contributed by atoms with Crippen molar-refractivity contribution >= 4 is 28.4 Å². The van der Waals surface area contributed by atoms with Crippen molar-refractivity contribution in [3.63, 3.8) is 0 Å². The third-order valence-corrected chi connectivity index (χ3v) is 4.13. The van der Waals surface area contributed by atoms with Crippen molar-refractivity contribution < 1.29 is 13.2 Å². The number of halogens is 4. The van der Waals surface area contributed by atoms with Gasteiger partial charge in [-0.25, -0.2) is 4.98 Å². The van der Waals surface area contributed by atoms with E-state index < -0.39 is 12.7 Å². The normalized spacial score (nSPS) is 20.3. The molecule has 112 valence electrons. The first-order valence-corrected chi connectivity index (χ1v) is 7.19. The Hall–Kier alpha value is -0.840. The summed E-state index contributed by atoms with van der Waals surface area (Å²) in [6.07, 6.45) is -2.13. The first kappa shape index (κ1) is 15.5. The molecule has 1 aliphatic heterocycles. The van der Waals surface area contributed by atoms with Crippen LogP contribution in [0.4, 0.5) is 19.0 Å². The summed E-state index contributed by atoms with van der Waals surface area (Å²) in [6.45, 7) is 0.517. The van der Waals surface area contributed by atoms with Crippen molar-refractivity contribution in [3.8, 4) is 0 Å². The van der Waals surface area contributed by atoms with Gasteiger partial charge in [0.15, 0.2) is 0 Å². The minimum Gasteiger partial charge on any atom is -0.369 e. The van der Waals surface area contributed by atoms with Crippen LogP contribution in [0.2, 0.25) is 0 Å². The molecule has 1 aliphatic rings. The molecule has 1 aromatic rings. The van der Waals surface area contributed by atoms with Crippen molar-refractivity contribution in [3.05, 3.63) is 20.3 Å². The fourth-order valence-corrected chi connectivity index (χ4v) is 2.71. The van der Waals surface area contributed by atoms with Crippen molar-refractivity contribution in [1.82, 2.24) is 14.9 Å². The third kappa shape index (κ3) is 4.33. The molecule has 1 aromatic heterocycles. The molecule has 0 saturated carbocycles. The zero-order valence-corrected chi connectivity index (χ0v) is 12.7. The molecule has 1 saturated heterocycles. The van der Waals surface area contributed by atoms with E-state index in [0.29, 0.717) is 35.4 Å². The van der Waals surface area contributed by atoms with E-state index in [1.165, 1.54) is 11.2 Å². The molecule has 5 nitrogen and oxygen atoms in total. The Morgan fingerprint density at radius 1 is 1.55 bits per heavy atom. The summed E-state index contributed by atoms with van der Waals surface area (Å²) >= 11 is 1.89. The molecule has 2 N–H and O–H groups in total. The predicted molar refractivity (Wildman–Crippen MR) is 76.7 cm³/mol. The summed E-state index contributed by atoms with van der Waals surface area (Å²) in [6, 6.07) is 0. The molecule has 1 fully saturated rings. The largest absolute Gasteiger partial charge is 0.401 e. The lowest BCUT2D eigenvalue weighted by Crippen LogP contribution is -2.33. The smallest absolute Gasteiger partial charge is 0.369 e.